The van der Waals surface area contributed by atoms with Crippen LogP contribution in [0.3, 0.4) is 0 Å². The molecule has 0 aliphatic carbocycles. The Labute approximate surface area is 122 Å². The van der Waals surface area contributed by atoms with Crippen molar-refractivity contribution in [3.05, 3.63) is 59.4 Å². The van der Waals surface area contributed by atoms with Gasteiger partial charge in [-0.1, -0.05) is 30.3 Å². The summed E-state index contributed by atoms with van der Waals surface area (Å²) in [6.45, 7) is 0. The molecular weight excluding hydrogens is 268 g/mol. The van der Waals surface area contributed by atoms with Gasteiger partial charge < -0.3 is 5.11 Å². The molecule has 0 fully saturated rings. The quantitative estimate of drug-likeness (QED) is 0.755. The maximum Gasteiger partial charge on any atom is 0.193 e. The van der Waals surface area contributed by atoms with Crippen LogP contribution in [0.5, 0.6) is 0 Å². The Kier molecular flexibility index (Phi) is 4.14. The van der Waals surface area contributed by atoms with E-state index in [0.717, 1.165) is 29.9 Å². The molecule has 3 rings (SSSR count). The molecule has 2 aromatic heterocycles. The lowest BCUT2D eigenvalue weighted by Gasteiger charge is -2.08. The fraction of sp³-hybridized carbons (Fsp3) is 0.312. The molecule has 20 heavy (non-hydrogen) atoms. The third-order valence-electron chi connectivity index (χ3n) is 3.43. The van der Waals surface area contributed by atoms with Gasteiger partial charge >= 0.3 is 0 Å². The zero-order valence-corrected chi connectivity index (χ0v) is 12.1. The van der Waals surface area contributed by atoms with Crippen molar-refractivity contribution >= 4 is 16.3 Å². The summed E-state index contributed by atoms with van der Waals surface area (Å²) >= 11 is 1.62. The van der Waals surface area contributed by atoms with Crippen molar-refractivity contribution in [2.45, 2.75) is 31.8 Å². The molecule has 0 radical (unpaired) electrons. The number of nitrogens with zero attached hydrogens (tertiary/aromatic N) is 2. The molecule has 1 unspecified atom stereocenters. The summed E-state index contributed by atoms with van der Waals surface area (Å²) < 4.78 is 2.01. The number of benzene rings is 1. The van der Waals surface area contributed by atoms with Gasteiger partial charge in [0.1, 0.15) is 0 Å². The fourth-order valence-electron chi connectivity index (χ4n) is 2.40. The Hall–Kier alpha value is -1.65. The zero-order chi connectivity index (χ0) is 13.8. The molecule has 0 amide bonds. The number of aryl methyl sites for hydroxylation is 1. The number of hydrogen-bond donors (Lipinski definition) is 1. The maximum atomic E-state index is 10.1. The molecule has 0 aliphatic heterocycles. The lowest BCUT2D eigenvalue weighted by Crippen LogP contribution is -2.11. The van der Waals surface area contributed by atoms with Crippen molar-refractivity contribution < 1.29 is 5.11 Å². The number of imidazole rings is 1. The van der Waals surface area contributed by atoms with Gasteiger partial charge in [0.2, 0.25) is 0 Å². The van der Waals surface area contributed by atoms with E-state index in [1.807, 2.05) is 28.2 Å². The smallest absolute Gasteiger partial charge is 0.193 e. The van der Waals surface area contributed by atoms with Gasteiger partial charge in [-0.15, -0.1) is 11.3 Å². The number of aromatic nitrogens is 2. The Morgan fingerprint density at radius 2 is 2.10 bits per heavy atom. The van der Waals surface area contributed by atoms with Crippen LogP contribution in [0.2, 0.25) is 0 Å². The number of rotatable bonds is 6. The average Bonchev–Trinajstić information content (AvgIpc) is 3.01. The van der Waals surface area contributed by atoms with Gasteiger partial charge in [-0.2, -0.15) is 0 Å². The van der Waals surface area contributed by atoms with Crippen LogP contribution >= 0.6 is 11.3 Å². The molecule has 1 aromatic carbocycles. The third-order valence-corrected chi connectivity index (χ3v) is 4.20. The predicted molar refractivity (Wildman–Crippen MR) is 82.2 cm³/mol. The van der Waals surface area contributed by atoms with Crippen LogP contribution in [0.25, 0.3) is 4.96 Å². The van der Waals surface area contributed by atoms with Crippen LogP contribution in [0.4, 0.5) is 0 Å². The van der Waals surface area contributed by atoms with Gasteiger partial charge in [0.15, 0.2) is 4.96 Å². The first-order valence-corrected chi connectivity index (χ1v) is 7.82. The monoisotopic (exact) mass is 286 g/mol. The largest absolute Gasteiger partial charge is 0.393 e. The molecule has 2 heterocycles. The van der Waals surface area contributed by atoms with Crippen molar-refractivity contribution in [1.82, 2.24) is 9.38 Å². The van der Waals surface area contributed by atoms with Crippen LogP contribution in [-0.4, -0.2) is 20.6 Å². The molecule has 4 heteroatoms. The van der Waals surface area contributed by atoms with E-state index in [4.69, 9.17) is 0 Å². The molecule has 0 saturated carbocycles. The molecule has 1 N–H and O–H groups in total. The van der Waals surface area contributed by atoms with E-state index in [1.54, 1.807) is 11.3 Å². The molecule has 0 aliphatic rings. The van der Waals surface area contributed by atoms with Crippen LogP contribution in [-0.2, 0) is 12.8 Å². The molecule has 3 aromatic rings. The van der Waals surface area contributed by atoms with Crippen LogP contribution < -0.4 is 0 Å². The summed E-state index contributed by atoms with van der Waals surface area (Å²) in [4.78, 5) is 5.50. The summed E-state index contributed by atoms with van der Waals surface area (Å²) in [7, 11) is 0. The summed E-state index contributed by atoms with van der Waals surface area (Å²) in [5.41, 5.74) is 2.31. The molecular formula is C16H18N2OS. The van der Waals surface area contributed by atoms with Gasteiger partial charge in [0.05, 0.1) is 11.8 Å². The van der Waals surface area contributed by atoms with Crippen LogP contribution in [0, 0.1) is 0 Å². The number of aliphatic hydroxyl groups excluding tert-OH is 1. The van der Waals surface area contributed by atoms with E-state index in [0.29, 0.717) is 6.42 Å². The Morgan fingerprint density at radius 1 is 1.25 bits per heavy atom. The molecule has 104 valence electrons. The van der Waals surface area contributed by atoms with Crippen molar-refractivity contribution in [2.75, 3.05) is 0 Å². The first kappa shape index (κ1) is 13.3. The van der Waals surface area contributed by atoms with Gasteiger partial charge in [0.25, 0.3) is 0 Å². The van der Waals surface area contributed by atoms with E-state index in [1.165, 1.54) is 5.56 Å². The van der Waals surface area contributed by atoms with Crippen LogP contribution in [0.15, 0.2) is 48.1 Å². The zero-order valence-electron chi connectivity index (χ0n) is 11.3. The van der Waals surface area contributed by atoms with Gasteiger partial charge in [-0.3, -0.25) is 4.40 Å². The topological polar surface area (TPSA) is 37.5 Å². The first-order valence-electron chi connectivity index (χ1n) is 6.94. The highest BCUT2D eigenvalue weighted by molar-refractivity contribution is 7.15. The molecule has 0 spiro atoms. The summed E-state index contributed by atoms with van der Waals surface area (Å²) in [5, 5.41) is 12.1. The fourth-order valence-corrected chi connectivity index (χ4v) is 3.12. The minimum absolute atomic E-state index is 0.302. The number of thiazole rings is 1. The number of hydrogen-bond acceptors (Lipinski definition) is 3. The molecule has 0 saturated heterocycles. The van der Waals surface area contributed by atoms with Crippen molar-refractivity contribution in [3.8, 4) is 0 Å². The number of fused-ring (bicyclic) bond motifs is 1. The standard InChI is InChI=1S/C16H18N2OS/c19-15(8-4-7-13-5-2-1-3-6-13)11-14-12-18-9-10-20-16(18)17-14/h1-3,5-6,9-10,12,15,19H,4,7-8,11H2. The lowest BCUT2D eigenvalue weighted by atomic mass is 10.0. The van der Waals surface area contributed by atoms with Crippen molar-refractivity contribution in [1.29, 1.82) is 0 Å². The molecule has 0 bridgehead atoms. The van der Waals surface area contributed by atoms with Gasteiger partial charge in [-0.25, -0.2) is 4.98 Å². The highest BCUT2D eigenvalue weighted by Crippen LogP contribution is 2.14. The minimum atomic E-state index is -0.302. The normalized spacial score (nSPS) is 12.8. The molecule has 3 nitrogen and oxygen atoms in total. The third kappa shape index (κ3) is 3.26. The summed E-state index contributed by atoms with van der Waals surface area (Å²) in [5.74, 6) is 0. The van der Waals surface area contributed by atoms with E-state index < -0.39 is 0 Å². The highest BCUT2D eigenvalue weighted by atomic mass is 32.1. The number of aliphatic hydroxyl groups is 1. The first-order chi connectivity index (χ1) is 9.81. The second kappa shape index (κ2) is 6.20. The Bertz CT molecular complexity index is 631. The van der Waals surface area contributed by atoms with Crippen molar-refractivity contribution in [3.63, 3.8) is 0 Å². The Balaban J connectivity index is 1.47. The second-order valence-corrected chi connectivity index (χ2v) is 5.93. The van der Waals surface area contributed by atoms with E-state index in [2.05, 4.69) is 29.2 Å². The van der Waals surface area contributed by atoms with Gasteiger partial charge in [0, 0.05) is 24.2 Å². The summed E-state index contributed by atoms with van der Waals surface area (Å²) in [6, 6.07) is 10.4. The predicted octanol–water partition coefficient (Wildman–Crippen LogP) is 3.32. The Morgan fingerprint density at radius 3 is 2.90 bits per heavy atom. The highest BCUT2D eigenvalue weighted by Gasteiger charge is 2.09. The lowest BCUT2D eigenvalue weighted by molar-refractivity contribution is 0.161. The van der Waals surface area contributed by atoms with Crippen LogP contribution in [0.1, 0.15) is 24.1 Å². The van der Waals surface area contributed by atoms with Gasteiger partial charge in [-0.05, 0) is 24.8 Å². The average molecular weight is 286 g/mol. The van der Waals surface area contributed by atoms with E-state index in [-0.39, 0.29) is 6.10 Å². The van der Waals surface area contributed by atoms with E-state index >= 15 is 0 Å². The SMILES string of the molecule is OC(CCCc1ccccc1)Cc1cn2ccsc2n1. The van der Waals surface area contributed by atoms with Crippen molar-refractivity contribution in [2.24, 2.45) is 0 Å². The molecule has 1 atom stereocenters. The summed E-state index contributed by atoms with van der Waals surface area (Å²) in [6.07, 6.45) is 7.19. The van der Waals surface area contributed by atoms with E-state index in [9.17, 15) is 5.11 Å². The maximum absolute atomic E-state index is 10.1. The minimum Gasteiger partial charge on any atom is -0.393 e. The second-order valence-electron chi connectivity index (χ2n) is 5.06.